The Balaban J connectivity index is 2.02. The van der Waals surface area contributed by atoms with Gasteiger partial charge in [0.25, 0.3) is 0 Å². The number of benzene rings is 1. The molecular formula is C15H15Cl2N3O. The van der Waals surface area contributed by atoms with E-state index in [0.717, 1.165) is 18.5 Å². The molecule has 0 bridgehead atoms. The minimum atomic E-state index is -0.223. The summed E-state index contributed by atoms with van der Waals surface area (Å²) in [5.74, 6) is 0.458. The molecule has 1 N–H and O–H groups in total. The summed E-state index contributed by atoms with van der Waals surface area (Å²) in [6.07, 6.45) is 5.73. The Morgan fingerprint density at radius 1 is 1.33 bits per heavy atom. The van der Waals surface area contributed by atoms with Gasteiger partial charge in [0.15, 0.2) is 0 Å². The molecule has 0 aliphatic heterocycles. The smallest absolute Gasteiger partial charge is 0.249 e. The molecule has 1 heterocycles. The molecule has 1 amide bonds. The molecule has 4 nitrogen and oxygen atoms in total. The molecule has 0 radical (unpaired) electrons. The van der Waals surface area contributed by atoms with Crippen molar-refractivity contribution in [3.63, 3.8) is 0 Å². The summed E-state index contributed by atoms with van der Waals surface area (Å²) in [6.45, 7) is 2.82. The van der Waals surface area contributed by atoms with Gasteiger partial charge < -0.3 is 5.32 Å². The van der Waals surface area contributed by atoms with Crippen LogP contribution in [0.3, 0.4) is 0 Å². The highest BCUT2D eigenvalue weighted by molar-refractivity contribution is 6.42. The van der Waals surface area contributed by atoms with Crippen molar-refractivity contribution in [1.82, 2.24) is 9.78 Å². The third-order valence-electron chi connectivity index (χ3n) is 2.77. The molecule has 0 unspecified atom stereocenters. The van der Waals surface area contributed by atoms with E-state index in [2.05, 4.69) is 17.3 Å². The van der Waals surface area contributed by atoms with Crippen molar-refractivity contribution in [1.29, 1.82) is 0 Å². The number of carbonyl (C=O) groups is 1. The number of aromatic nitrogens is 2. The Kier molecular flexibility index (Phi) is 5.42. The van der Waals surface area contributed by atoms with Crippen LogP contribution in [0.2, 0.25) is 10.0 Å². The highest BCUT2D eigenvalue weighted by Crippen LogP contribution is 2.23. The van der Waals surface area contributed by atoms with Crippen molar-refractivity contribution in [3.8, 4) is 0 Å². The summed E-state index contributed by atoms with van der Waals surface area (Å²) >= 11 is 11.8. The first-order valence-electron chi connectivity index (χ1n) is 6.56. The SMILES string of the molecule is CCCn1nccc1NC(=O)/C=C/c1ccc(Cl)c(Cl)c1. The van der Waals surface area contributed by atoms with E-state index < -0.39 is 0 Å². The van der Waals surface area contributed by atoms with Crippen LogP contribution in [-0.4, -0.2) is 15.7 Å². The van der Waals surface area contributed by atoms with Crippen molar-refractivity contribution >= 4 is 41.0 Å². The second kappa shape index (κ2) is 7.29. The topological polar surface area (TPSA) is 46.9 Å². The summed E-state index contributed by atoms with van der Waals surface area (Å²) in [4.78, 5) is 11.9. The van der Waals surface area contributed by atoms with Crippen LogP contribution in [0.5, 0.6) is 0 Å². The van der Waals surface area contributed by atoms with Gasteiger partial charge in [0.2, 0.25) is 5.91 Å². The lowest BCUT2D eigenvalue weighted by molar-refractivity contribution is -0.111. The molecule has 2 aromatic rings. The van der Waals surface area contributed by atoms with Gasteiger partial charge in [0, 0.05) is 18.7 Å². The second-order valence-electron chi connectivity index (χ2n) is 4.44. The summed E-state index contributed by atoms with van der Waals surface area (Å²) in [7, 11) is 0. The number of amides is 1. The van der Waals surface area contributed by atoms with Gasteiger partial charge in [-0.05, 0) is 30.2 Å². The summed E-state index contributed by atoms with van der Waals surface area (Å²) in [5, 5.41) is 7.88. The molecule has 0 spiro atoms. The Morgan fingerprint density at radius 3 is 2.86 bits per heavy atom. The van der Waals surface area contributed by atoms with Crippen LogP contribution in [0.1, 0.15) is 18.9 Å². The summed E-state index contributed by atoms with van der Waals surface area (Å²) < 4.78 is 1.75. The van der Waals surface area contributed by atoms with Gasteiger partial charge in [-0.1, -0.05) is 36.2 Å². The molecule has 1 aromatic carbocycles. The summed E-state index contributed by atoms with van der Waals surface area (Å²) in [5.41, 5.74) is 0.807. The predicted octanol–water partition coefficient (Wildman–Crippen LogP) is 4.25. The zero-order chi connectivity index (χ0) is 15.2. The minimum absolute atomic E-state index is 0.223. The molecule has 1 aromatic heterocycles. The number of anilines is 1. The first-order chi connectivity index (χ1) is 10.1. The lowest BCUT2D eigenvalue weighted by Crippen LogP contribution is -2.13. The minimum Gasteiger partial charge on any atom is -0.307 e. The first-order valence-corrected chi connectivity index (χ1v) is 7.31. The number of nitrogens with zero attached hydrogens (tertiary/aromatic N) is 2. The monoisotopic (exact) mass is 323 g/mol. The molecule has 0 fully saturated rings. The normalized spacial score (nSPS) is 11.0. The number of carbonyl (C=O) groups excluding carboxylic acids is 1. The molecule has 6 heteroatoms. The molecule has 110 valence electrons. The Hall–Kier alpha value is -1.78. The van der Waals surface area contributed by atoms with Crippen molar-refractivity contribution in [2.24, 2.45) is 0 Å². The molecular weight excluding hydrogens is 309 g/mol. The average molecular weight is 324 g/mol. The van der Waals surface area contributed by atoms with E-state index in [1.54, 1.807) is 41.2 Å². The highest BCUT2D eigenvalue weighted by atomic mass is 35.5. The number of hydrogen-bond acceptors (Lipinski definition) is 2. The fourth-order valence-electron chi connectivity index (χ4n) is 1.78. The van der Waals surface area contributed by atoms with Gasteiger partial charge in [-0.2, -0.15) is 5.10 Å². The van der Waals surface area contributed by atoms with Crippen LogP contribution < -0.4 is 5.32 Å². The first kappa shape index (κ1) is 15.6. The maximum Gasteiger partial charge on any atom is 0.249 e. The van der Waals surface area contributed by atoms with Gasteiger partial charge in [-0.25, -0.2) is 4.68 Å². The number of nitrogens with one attached hydrogen (secondary N) is 1. The fourth-order valence-corrected chi connectivity index (χ4v) is 2.09. The Bertz CT molecular complexity index is 665. The van der Waals surface area contributed by atoms with Crippen molar-refractivity contribution in [3.05, 3.63) is 52.1 Å². The molecule has 21 heavy (non-hydrogen) atoms. The maximum absolute atomic E-state index is 11.9. The molecule has 0 saturated heterocycles. The summed E-state index contributed by atoms with van der Waals surface area (Å²) in [6, 6.07) is 6.95. The lowest BCUT2D eigenvalue weighted by Gasteiger charge is -2.05. The maximum atomic E-state index is 11.9. The molecule has 0 atom stereocenters. The number of aryl methyl sites for hydroxylation is 1. The van der Waals surface area contributed by atoms with Crippen LogP contribution in [0.25, 0.3) is 6.08 Å². The number of rotatable bonds is 5. The van der Waals surface area contributed by atoms with E-state index in [1.807, 2.05) is 0 Å². The average Bonchev–Trinajstić information content (AvgIpc) is 2.88. The van der Waals surface area contributed by atoms with Crippen LogP contribution in [0.4, 0.5) is 5.82 Å². The zero-order valence-corrected chi connectivity index (χ0v) is 13.0. The van der Waals surface area contributed by atoms with E-state index in [9.17, 15) is 4.79 Å². The van der Waals surface area contributed by atoms with Gasteiger partial charge in [0.05, 0.1) is 16.2 Å². The van der Waals surface area contributed by atoms with Crippen molar-refractivity contribution in [2.75, 3.05) is 5.32 Å². The van der Waals surface area contributed by atoms with E-state index in [1.165, 1.54) is 6.08 Å². The third kappa shape index (κ3) is 4.34. The molecule has 0 saturated carbocycles. The third-order valence-corrected chi connectivity index (χ3v) is 3.51. The van der Waals surface area contributed by atoms with E-state index in [-0.39, 0.29) is 5.91 Å². The fraction of sp³-hybridized carbons (Fsp3) is 0.200. The van der Waals surface area contributed by atoms with Crippen molar-refractivity contribution in [2.45, 2.75) is 19.9 Å². The van der Waals surface area contributed by atoms with E-state index in [4.69, 9.17) is 23.2 Å². The molecule has 2 rings (SSSR count). The van der Waals surface area contributed by atoms with Crippen LogP contribution >= 0.6 is 23.2 Å². The van der Waals surface area contributed by atoms with Gasteiger partial charge >= 0.3 is 0 Å². The van der Waals surface area contributed by atoms with Gasteiger partial charge in [-0.3, -0.25) is 4.79 Å². The number of halogens is 2. The van der Waals surface area contributed by atoms with Crippen LogP contribution in [-0.2, 0) is 11.3 Å². The predicted molar refractivity (Wildman–Crippen MR) is 86.6 cm³/mol. The quantitative estimate of drug-likeness (QED) is 0.836. The van der Waals surface area contributed by atoms with E-state index >= 15 is 0 Å². The molecule has 0 aliphatic rings. The highest BCUT2D eigenvalue weighted by Gasteiger charge is 2.04. The molecule has 0 aliphatic carbocycles. The standard InChI is InChI=1S/C15H15Cl2N3O/c1-2-9-20-14(7-8-18-20)19-15(21)6-4-11-3-5-12(16)13(17)10-11/h3-8,10H,2,9H2,1H3,(H,19,21)/b6-4+. The largest absolute Gasteiger partial charge is 0.307 e. The zero-order valence-electron chi connectivity index (χ0n) is 11.5. The van der Waals surface area contributed by atoms with Crippen molar-refractivity contribution < 1.29 is 4.79 Å². The Labute approximate surface area is 133 Å². The Morgan fingerprint density at radius 2 is 2.14 bits per heavy atom. The van der Waals surface area contributed by atoms with E-state index in [0.29, 0.717) is 15.9 Å². The van der Waals surface area contributed by atoms with Gasteiger partial charge in [0.1, 0.15) is 5.82 Å². The van der Waals surface area contributed by atoms with Gasteiger partial charge in [-0.15, -0.1) is 0 Å². The lowest BCUT2D eigenvalue weighted by atomic mass is 10.2. The number of hydrogen-bond donors (Lipinski definition) is 1. The van der Waals surface area contributed by atoms with Crippen LogP contribution in [0.15, 0.2) is 36.5 Å². The second-order valence-corrected chi connectivity index (χ2v) is 5.25. The van der Waals surface area contributed by atoms with Crippen LogP contribution in [0, 0.1) is 0 Å².